The van der Waals surface area contributed by atoms with E-state index in [1.165, 1.54) is 4.90 Å². The molecule has 0 saturated carbocycles. The zero-order valence-corrected chi connectivity index (χ0v) is 14.9. The molecule has 0 radical (unpaired) electrons. The van der Waals surface area contributed by atoms with Gasteiger partial charge < -0.3 is 4.74 Å². The molecule has 1 aliphatic rings. The molecule has 2 aromatic rings. The number of rotatable bonds is 4. The molecule has 4 nitrogen and oxygen atoms in total. The quantitative estimate of drug-likeness (QED) is 0.791. The normalized spacial score (nSPS) is 18.3. The van der Waals surface area contributed by atoms with E-state index in [0.717, 1.165) is 15.6 Å². The van der Waals surface area contributed by atoms with Crippen molar-refractivity contribution in [3.05, 3.63) is 70.2 Å². The van der Waals surface area contributed by atoms with Crippen molar-refractivity contribution in [2.24, 2.45) is 0 Å². The summed E-state index contributed by atoms with van der Waals surface area (Å²) in [5, 5.41) is 0. The molecular formula is C19H18BrNO3. The number of hydrogen-bond donors (Lipinski definition) is 0. The Morgan fingerprint density at radius 1 is 1.21 bits per heavy atom. The summed E-state index contributed by atoms with van der Waals surface area (Å²) in [5.74, 6) is -0.622. The molecule has 2 unspecified atom stereocenters. The van der Waals surface area contributed by atoms with Gasteiger partial charge in [0.05, 0.1) is 12.0 Å². The Bertz CT molecular complexity index is 730. The summed E-state index contributed by atoms with van der Waals surface area (Å²) in [7, 11) is 0. The Kier molecular flexibility index (Phi) is 5.00. The Hall–Kier alpha value is -2.14. The number of ether oxygens (including phenoxy) is 1. The maximum atomic E-state index is 12.9. The van der Waals surface area contributed by atoms with Gasteiger partial charge in [-0.1, -0.05) is 58.4 Å². The fourth-order valence-electron chi connectivity index (χ4n) is 2.87. The third-order valence-electron chi connectivity index (χ3n) is 4.25. The van der Waals surface area contributed by atoms with E-state index in [4.69, 9.17) is 4.74 Å². The molecule has 24 heavy (non-hydrogen) atoms. The zero-order valence-electron chi connectivity index (χ0n) is 13.3. The summed E-state index contributed by atoms with van der Waals surface area (Å²) < 4.78 is 6.09. The Balaban J connectivity index is 1.78. The minimum atomic E-state index is -0.551. The van der Waals surface area contributed by atoms with Crippen LogP contribution in [0, 0.1) is 0 Å². The molecule has 0 N–H and O–H groups in total. The van der Waals surface area contributed by atoms with E-state index in [-0.39, 0.29) is 18.6 Å². The van der Waals surface area contributed by atoms with E-state index in [1.54, 1.807) is 0 Å². The van der Waals surface area contributed by atoms with E-state index < -0.39 is 12.0 Å². The largest absolute Gasteiger partial charge is 0.447 e. The summed E-state index contributed by atoms with van der Waals surface area (Å²) in [6.07, 6.45) is 0.0515. The standard InChI is InChI=1S/C19H18BrNO3/c1-13(15-7-9-16(20)10-8-15)18(22)21-17(12-24-19(21)23)11-14-5-3-2-4-6-14/h2-10,13,17H,11-12H2,1H3. The number of halogens is 1. The predicted octanol–water partition coefficient (Wildman–Crippen LogP) is 4.14. The topological polar surface area (TPSA) is 46.6 Å². The van der Waals surface area contributed by atoms with E-state index in [0.29, 0.717) is 6.42 Å². The van der Waals surface area contributed by atoms with Crippen molar-refractivity contribution in [1.82, 2.24) is 4.90 Å². The van der Waals surface area contributed by atoms with E-state index >= 15 is 0 Å². The molecule has 0 aromatic heterocycles. The highest BCUT2D eigenvalue weighted by Gasteiger charge is 2.39. The molecule has 3 rings (SSSR count). The van der Waals surface area contributed by atoms with Gasteiger partial charge in [0, 0.05) is 4.47 Å². The second-order valence-electron chi connectivity index (χ2n) is 5.90. The van der Waals surface area contributed by atoms with Crippen LogP contribution in [0.3, 0.4) is 0 Å². The van der Waals surface area contributed by atoms with E-state index in [2.05, 4.69) is 15.9 Å². The van der Waals surface area contributed by atoms with Gasteiger partial charge in [0.25, 0.3) is 0 Å². The molecule has 5 heteroatoms. The minimum Gasteiger partial charge on any atom is -0.447 e. The van der Waals surface area contributed by atoms with E-state index in [9.17, 15) is 9.59 Å². The Morgan fingerprint density at radius 3 is 2.54 bits per heavy atom. The van der Waals surface area contributed by atoms with Crippen LogP contribution in [0.2, 0.25) is 0 Å². The summed E-state index contributed by atoms with van der Waals surface area (Å²) in [6.45, 7) is 2.06. The second kappa shape index (κ2) is 7.18. The first-order valence-electron chi connectivity index (χ1n) is 7.85. The number of imide groups is 1. The Labute approximate surface area is 149 Å². The third kappa shape index (κ3) is 3.51. The molecule has 1 fully saturated rings. The number of carbonyl (C=O) groups excluding carboxylic acids is 2. The smallest absolute Gasteiger partial charge is 0.417 e. The van der Waals surface area contributed by atoms with Gasteiger partial charge >= 0.3 is 6.09 Å². The van der Waals surface area contributed by atoms with Crippen LogP contribution in [-0.2, 0) is 16.0 Å². The molecule has 2 aromatic carbocycles. The molecule has 1 heterocycles. The number of nitrogens with zero attached hydrogens (tertiary/aromatic N) is 1. The first kappa shape index (κ1) is 16.7. The van der Waals surface area contributed by atoms with Crippen molar-refractivity contribution in [2.75, 3.05) is 6.61 Å². The lowest BCUT2D eigenvalue weighted by Crippen LogP contribution is -2.42. The van der Waals surface area contributed by atoms with Gasteiger partial charge in [-0.3, -0.25) is 4.79 Å². The summed E-state index contributed by atoms with van der Waals surface area (Å²) in [5.41, 5.74) is 1.95. The number of hydrogen-bond acceptors (Lipinski definition) is 3. The zero-order chi connectivity index (χ0) is 17.1. The lowest BCUT2D eigenvalue weighted by atomic mass is 9.98. The first-order valence-corrected chi connectivity index (χ1v) is 8.65. The van der Waals surface area contributed by atoms with Gasteiger partial charge in [-0.2, -0.15) is 0 Å². The van der Waals surface area contributed by atoms with Crippen molar-refractivity contribution in [2.45, 2.75) is 25.3 Å². The van der Waals surface area contributed by atoms with Crippen LogP contribution in [0.15, 0.2) is 59.1 Å². The van der Waals surface area contributed by atoms with Crippen LogP contribution >= 0.6 is 15.9 Å². The number of cyclic esters (lactones) is 1. The molecule has 2 amide bonds. The van der Waals surface area contributed by atoms with Gasteiger partial charge in [0.1, 0.15) is 6.61 Å². The lowest BCUT2D eigenvalue weighted by Gasteiger charge is -2.23. The molecule has 2 atom stereocenters. The second-order valence-corrected chi connectivity index (χ2v) is 6.82. The molecule has 0 aliphatic carbocycles. The number of carbonyl (C=O) groups is 2. The van der Waals surface area contributed by atoms with Crippen molar-refractivity contribution >= 4 is 27.9 Å². The maximum Gasteiger partial charge on any atom is 0.417 e. The summed E-state index contributed by atoms with van der Waals surface area (Å²) in [4.78, 5) is 26.2. The molecule has 1 aliphatic heterocycles. The molecule has 0 bridgehead atoms. The molecule has 0 spiro atoms. The Morgan fingerprint density at radius 2 is 1.88 bits per heavy atom. The lowest BCUT2D eigenvalue weighted by molar-refractivity contribution is -0.130. The highest BCUT2D eigenvalue weighted by molar-refractivity contribution is 9.10. The summed E-state index contributed by atoms with van der Waals surface area (Å²) >= 11 is 3.38. The summed E-state index contributed by atoms with van der Waals surface area (Å²) in [6, 6.07) is 17.1. The van der Waals surface area contributed by atoms with Crippen LogP contribution < -0.4 is 0 Å². The van der Waals surface area contributed by atoms with Crippen LogP contribution in [-0.4, -0.2) is 29.5 Å². The number of benzene rings is 2. The fourth-order valence-corrected chi connectivity index (χ4v) is 3.13. The monoisotopic (exact) mass is 387 g/mol. The van der Waals surface area contributed by atoms with Crippen LogP contribution in [0.4, 0.5) is 4.79 Å². The SMILES string of the molecule is CC(C(=O)N1C(=O)OCC1Cc1ccccc1)c1ccc(Br)cc1. The third-order valence-corrected chi connectivity index (χ3v) is 4.78. The average Bonchev–Trinajstić information content (AvgIpc) is 2.95. The molecule has 124 valence electrons. The van der Waals surface area contributed by atoms with Crippen LogP contribution in [0.1, 0.15) is 24.0 Å². The highest BCUT2D eigenvalue weighted by Crippen LogP contribution is 2.25. The van der Waals surface area contributed by atoms with Gasteiger partial charge in [-0.15, -0.1) is 0 Å². The van der Waals surface area contributed by atoms with E-state index in [1.807, 2.05) is 61.5 Å². The van der Waals surface area contributed by atoms with Gasteiger partial charge in [0.15, 0.2) is 0 Å². The first-order chi connectivity index (χ1) is 11.6. The van der Waals surface area contributed by atoms with Crippen LogP contribution in [0.5, 0.6) is 0 Å². The van der Waals surface area contributed by atoms with Crippen molar-refractivity contribution in [3.63, 3.8) is 0 Å². The fraction of sp³-hybridized carbons (Fsp3) is 0.263. The molecular weight excluding hydrogens is 370 g/mol. The van der Waals surface area contributed by atoms with Crippen molar-refractivity contribution < 1.29 is 14.3 Å². The van der Waals surface area contributed by atoms with Crippen LogP contribution in [0.25, 0.3) is 0 Å². The number of amides is 2. The van der Waals surface area contributed by atoms with Crippen molar-refractivity contribution in [3.8, 4) is 0 Å². The van der Waals surface area contributed by atoms with Crippen molar-refractivity contribution in [1.29, 1.82) is 0 Å². The molecule has 1 saturated heterocycles. The highest BCUT2D eigenvalue weighted by atomic mass is 79.9. The van der Waals surface area contributed by atoms with Gasteiger partial charge in [-0.25, -0.2) is 9.69 Å². The minimum absolute atomic E-state index is 0.222. The average molecular weight is 388 g/mol. The predicted molar refractivity (Wildman–Crippen MR) is 94.7 cm³/mol. The van der Waals surface area contributed by atoms with Gasteiger partial charge in [-0.05, 0) is 36.6 Å². The maximum absolute atomic E-state index is 12.9. The van der Waals surface area contributed by atoms with Gasteiger partial charge in [0.2, 0.25) is 5.91 Å².